The van der Waals surface area contributed by atoms with Crippen LogP contribution in [0.4, 0.5) is 0 Å². The Morgan fingerprint density at radius 1 is 0.273 bits per heavy atom. The number of unbranched alkanes of at least 4 members (excludes halogenated alkanes) is 7. The minimum atomic E-state index is -0.863. The Morgan fingerprint density at radius 3 is 0.707 bits per heavy atom. The van der Waals surface area contributed by atoms with Gasteiger partial charge in [-0.3, -0.25) is 28.8 Å². The third-order valence-corrected chi connectivity index (χ3v) is 30.0. The number of fused-ring (bicyclic) bond motifs is 24. The van der Waals surface area contributed by atoms with Crippen molar-refractivity contribution >= 4 is 205 Å². The molecule has 15 heterocycles. The van der Waals surface area contributed by atoms with Crippen molar-refractivity contribution in [1.82, 2.24) is 85.6 Å². The number of aliphatic carboxylic acids is 3. The van der Waals surface area contributed by atoms with Crippen molar-refractivity contribution < 1.29 is 44.1 Å². The molecule has 6 aliphatic heterocycles. The van der Waals surface area contributed by atoms with Crippen LogP contribution in [0.3, 0.4) is 0 Å². The van der Waals surface area contributed by atoms with E-state index in [1.54, 1.807) is 0 Å². The number of allylic oxidation sites excluding steroid dienone is 12. The number of rotatable bonds is 43. The number of amides is 3. The lowest BCUT2D eigenvalue weighted by Gasteiger charge is -2.17. The smallest absolute Gasteiger partial charge is 0.303 e. The molecule has 0 atom stereocenters. The monoisotopic (exact) mass is 2020 g/mol. The largest absolute Gasteiger partial charge is 0.481 e. The summed E-state index contributed by atoms with van der Waals surface area (Å²) >= 11 is 0. The van der Waals surface area contributed by atoms with Crippen LogP contribution >= 0.6 is 0 Å². The van der Waals surface area contributed by atoms with Gasteiger partial charge < -0.3 is 71.0 Å². The molecule has 24 bridgehead atoms. The molecule has 6 aliphatic rings. The van der Waals surface area contributed by atoms with E-state index in [4.69, 9.17) is 29.9 Å². The van der Waals surface area contributed by atoms with Crippen molar-refractivity contribution in [2.75, 3.05) is 59.9 Å². The molecule has 12 N–H and O–H groups in total. The normalized spacial score (nSPS) is 12.9. The highest BCUT2D eigenvalue weighted by atomic mass is 16.4. The number of H-pyrrole nitrogens is 6. The number of nitrogens with zero attached hydrogens (tertiary/aromatic N) is 8. The van der Waals surface area contributed by atoms with Crippen LogP contribution in [-0.4, -0.2) is 180 Å². The highest BCUT2D eigenvalue weighted by Gasteiger charge is 2.30. The molecule has 0 saturated carbocycles. The number of aromatic amines is 6. The summed E-state index contributed by atoms with van der Waals surface area (Å²) in [5.41, 5.74) is 43.7. The van der Waals surface area contributed by atoms with Gasteiger partial charge in [-0.2, -0.15) is 0 Å². The average molecular weight is 2020 g/mol. The number of aryl methyl sites for hydroxylation is 6. The molecular weight excluding hydrogens is 1870 g/mol. The van der Waals surface area contributed by atoms with Crippen LogP contribution in [0.5, 0.6) is 0 Å². The van der Waals surface area contributed by atoms with Gasteiger partial charge >= 0.3 is 17.9 Å². The number of hydrogen-bond donors (Lipinski definition) is 12. The lowest BCUT2D eigenvalue weighted by Crippen LogP contribution is -2.25. The molecule has 786 valence electrons. The Labute approximate surface area is 881 Å². The Morgan fingerprint density at radius 2 is 0.480 bits per heavy atom. The minimum absolute atomic E-state index is 0.00928. The molecule has 0 spiro atoms. The fraction of sp³-hybridized carbons (Fsp3) is 0.371. The van der Waals surface area contributed by atoms with Crippen molar-refractivity contribution in [2.24, 2.45) is 0 Å². The van der Waals surface area contributed by atoms with Gasteiger partial charge in [-0.25, -0.2) is 29.9 Å². The maximum Gasteiger partial charge on any atom is 0.303 e. The Kier molecular flexibility index (Phi) is 38.3. The van der Waals surface area contributed by atoms with Gasteiger partial charge in [0.15, 0.2) is 0 Å². The molecular formula is C124H151N17O9. The zero-order chi connectivity index (χ0) is 108. The summed E-state index contributed by atoms with van der Waals surface area (Å²) in [5, 5.41) is 38.1. The third kappa shape index (κ3) is 26.4. The molecule has 150 heavy (non-hydrogen) atoms. The van der Waals surface area contributed by atoms with Gasteiger partial charge in [-0.05, 0) is 367 Å². The summed E-state index contributed by atoms with van der Waals surface area (Å²) in [5.74, 6) is -2.52. The van der Waals surface area contributed by atoms with Crippen LogP contribution in [0.1, 0.15) is 339 Å². The molecule has 26 heteroatoms. The van der Waals surface area contributed by atoms with E-state index in [2.05, 4.69) is 210 Å². The highest BCUT2D eigenvalue weighted by molar-refractivity contribution is 6.03. The quantitative estimate of drug-likeness (QED) is 0.0158. The second kappa shape index (κ2) is 51.3. The minimum Gasteiger partial charge on any atom is -0.481 e. The topological polar surface area (TPSA) is 378 Å². The van der Waals surface area contributed by atoms with Gasteiger partial charge in [0.25, 0.3) is 0 Å². The van der Waals surface area contributed by atoms with E-state index in [-0.39, 0.29) is 37.0 Å². The van der Waals surface area contributed by atoms with Crippen LogP contribution in [0.25, 0.3) is 170 Å². The average Bonchev–Trinajstić information content (AvgIpc) is 1.62. The first kappa shape index (κ1) is 112. The van der Waals surface area contributed by atoms with Gasteiger partial charge in [-0.15, -0.1) is 0 Å². The molecule has 26 nitrogen and oxygen atoms in total. The van der Waals surface area contributed by atoms with E-state index >= 15 is 0 Å². The van der Waals surface area contributed by atoms with E-state index in [1.165, 1.54) is 19.3 Å². The van der Waals surface area contributed by atoms with E-state index in [9.17, 15) is 44.1 Å². The number of carboxylic acids is 3. The SMILES string of the molecule is C=Cc1c(C)c2cc3[nH]c(cc4nc(cc5nc(cc1[nH]2)C(C)=C5CCC(=O)NCCCCCCC)C(CCC(=O)O)=C4C)c(C)c3C=C.C=Cc1c(C)c2cc3[nH]c(cc4nc(cc5nc(cc1[nH]2)C(C)=C5CCC(=O)NCCCCCN(CC)CC)C(CCC(=O)O)=C4C)c(C)c3C=C.C=Cc1c(C)c2cc3[nH]c(cc4nc(cc5nc(cc1[nH]2)C(C)=C5CCC(=O)NCCCCN(C)C)C(CCC(=O)O)=C4C)c(C)c3C=C. The fourth-order valence-corrected chi connectivity index (χ4v) is 20.7. The van der Waals surface area contributed by atoms with Crippen LogP contribution in [0, 0.1) is 41.5 Å². The molecule has 9 aromatic rings. The zero-order valence-electron chi connectivity index (χ0n) is 91.0. The molecule has 9 aromatic heterocycles. The first-order valence-corrected chi connectivity index (χ1v) is 53.0. The summed E-state index contributed by atoms with van der Waals surface area (Å²) in [7, 11) is 4.10. The van der Waals surface area contributed by atoms with Crippen molar-refractivity contribution in [3.63, 3.8) is 0 Å². The van der Waals surface area contributed by atoms with E-state index in [0.29, 0.717) is 94.5 Å². The van der Waals surface area contributed by atoms with Crippen molar-refractivity contribution in [1.29, 1.82) is 0 Å². The summed E-state index contributed by atoms with van der Waals surface area (Å²) in [6.45, 7) is 62.0. The maximum atomic E-state index is 13.1. The molecule has 0 unspecified atom stereocenters. The second-order valence-electron chi connectivity index (χ2n) is 40.1. The van der Waals surface area contributed by atoms with E-state index in [1.807, 2.05) is 113 Å². The van der Waals surface area contributed by atoms with Crippen LogP contribution < -0.4 is 16.0 Å². The lowest BCUT2D eigenvalue weighted by atomic mass is 9.98. The molecule has 0 fully saturated rings. The molecule has 0 aromatic carbocycles. The van der Waals surface area contributed by atoms with Gasteiger partial charge in [0, 0.05) is 158 Å². The molecule has 0 radical (unpaired) electrons. The van der Waals surface area contributed by atoms with Gasteiger partial charge in [0.1, 0.15) is 0 Å². The standard InChI is InChI=1S/C43H54N6O3.C41H49N5O3.C40H48N6O3/c1-9-30-26(5)34-22-35-29(8)33(17-19-43(51)52)41(47-35)25-40-32(16-18-42(50)44-20-14-13-15-21-49(11-3)12-4)28(7)37(48-40)24-39-31(10-2)27(6)36(46-39)23-38(30)45-34;1-8-11-12-13-14-19-42-40(47)17-15-30-26(6)35-22-37-29(10-3)25(5)34(44-37)21-36-28(9-2)24(4)32(43-36)20-33-27(7)31(16-18-41(48)49)39(45-33)23-38(30)46-35;1-9-27-23(3)31-19-32-26(6)30(14-16-40(48)49)38(44-32)22-37-29(13-15-39(47)41-17-11-12-18-46(7)8)25(5)34(45-37)21-36-28(10-2)24(4)33(43-36)20-35(27)42-31/h9-10,22-25,45-46H,1-2,11-21H2,3-8H3,(H,44,50)(H,51,52);9-10,20-23,43-44H,2-3,8,11-19H2,1,4-7H3,(H,42,47)(H,48,49);9-10,19-22,42-43H,1-2,11-18H2,3-8H3,(H,41,47)(H,48,49). The molecule has 3 amide bonds. The summed E-state index contributed by atoms with van der Waals surface area (Å²) in [6, 6.07) is 24.4. The number of nitrogens with one attached hydrogen (secondary N) is 9. The van der Waals surface area contributed by atoms with Crippen molar-refractivity contribution in [3.05, 3.63) is 247 Å². The van der Waals surface area contributed by atoms with Crippen LogP contribution in [0.2, 0.25) is 0 Å². The number of hydrogen-bond acceptors (Lipinski definition) is 14. The number of carboxylic acid groups (broad SMARTS) is 3. The zero-order valence-corrected chi connectivity index (χ0v) is 91.0. The van der Waals surface area contributed by atoms with E-state index in [0.717, 1.165) is 322 Å². The first-order chi connectivity index (χ1) is 71.9. The van der Waals surface area contributed by atoms with Crippen molar-refractivity contribution in [3.8, 4) is 0 Å². The predicted molar refractivity (Wildman–Crippen MR) is 622 cm³/mol. The Bertz CT molecular complexity index is 7610. The van der Waals surface area contributed by atoms with Crippen molar-refractivity contribution in [2.45, 2.75) is 245 Å². The fourth-order valence-electron chi connectivity index (χ4n) is 20.7. The van der Waals surface area contributed by atoms with Crippen LogP contribution in [-0.2, 0) is 28.8 Å². The van der Waals surface area contributed by atoms with Gasteiger partial charge in [-0.1, -0.05) is 129 Å². The number of carbonyl (C=O) groups is 6. The Hall–Kier alpha value is -15.0. The molecule has 15 rings (SSSR count). The second-order valence-corrected chi connectivity index (χ2v) is 40.1. The van der Waals surface area contributed by atoms with Crippen LogP contribution in [0.15, 0.2) is 112 Å². The third-order valence-electron chi connectivity index (χ3n) is 30.0. The molecule has 0 saturated heterocycles. The molecule has 0 aliphatic carbocycles. The van der Waals surface area contributed by atoms with Gasteiger partial charge in [0.2, 0.25) is 17.7 Å². The number of aromatic nitrogens is 12. The van der Waals surface area contributed by atoms with E-state index < -0.39 is 17.9 Å². The maximum absolute atomic E-state index is 13.1. The summed E-state index contributed by atoms with van der Waals surface area (Å²) < 4.78 is 0. The number of carbonyl (C=O) groups excluding carboxylic acids is 3. The summed E-state index contributed by atoms with van der Waals surface area (Å²) in [4.78, 5) is 131. The Balaban J connectivity index is 0.000000188. The predicted octanol–water partition coefficient (Wildman–Crippen LogP) is 27.3. The first-order valence-electron chi connectivity index (χ1n) is 53.0. The highest BCUT2D eigenvalue weighted by Crippen LogP contribution is 2.44. The summed E-state index contributed by atoms with van der Waals surface area (Å²) in [6.07, 6.45) is 25.6. The lowest BCUT2D eigenvalue weighted by molar-refractivity contribution is -0.137. The van der Waals surface area contributed by atoms with Gasteiger partial charge in [0.05, 0.1) is 68.3 Å².